The minimum atomic E-state index is -0.634. The summed E-state index contributed by atoms with van der Waals surface area (Å²) < 4.78 is 9.99. The SMILES string of the molecule is COc1ccc([C@H](N)CO)c(O)c1OC. The molecule has 0 spiro atoms. The van der Waals surface area contributed by atoms with E-state index in [2.05, 4.69) is 0 Å². The van der Waals surface area contributed by atoms with Crippen LogP contribution in [-0.2, 0) is 0 Å². The van der Waals surface area contributed by atoms with Gasteiger partial charge in [0.2, 0.25) is 5.75 Å². The molecule has 0 saturated carbocycles. The molecule has 0 unspecified atom stereocenters. The van der Waals surface area contributed by atoms with Crippen LogP contribution in [0.1, 0.15) is 11.6 Å². The molecule has 5 nitrogen and oxygen atoms in total. The van der Waals surface area contributed by atoms with E-state index in [1.165, 1.54) is 14.2 Å². The molecule has 0 aliphatic heterocycles. The Morgan fingerprint density at radius 3 is 2.47 bits per heavy atom. The number of nitrogens with two attached hydrogens (primary N) is 1. The number of phenolic OH excluding ortho intramolecular Hbond substituents is 1. The van der Waals surface area contributed by atoms with Crippen LogP contribution in [0.3, 0.4) is 0 Å². The minimum absolute atomic E-state index is 0.0987. The van der Waals surface area contributed by atoms with Crippen molar-refractivity contribution in [3.05, 3.63) is 17.7 Å². The van der Waals surface area contributed by atoms with Gasteiger partial charge in [-0.2, -0.15) is 0 Å². The van der Waals surface area contributed by atoms with E-state index in [-0.39, 0.29) is 18.1 Å². The molecule has 0 bridgehead atoms. The normalized spacial score (nSPS) is 12.3. The first kappa shape index (κ1) is 11.6. The lowest BCUT2D eigenvalue weighted by Gasteiger charge is -2.15. The standard InChI is InChI=1S/C10H15NO4/c1-14-8-4-3-6(7(11)5-12)9(13)10(8)15-2/h3-4,7,12-13H,5,11H2,1-2H3/t7-/m1/s1. The van der Waals surface area contributed by atoms with Gasteiger partial charge in [-0.05, 0) is 12.1 Å². The lowest BCUT2D eigenvalue weighted by Crippen LogP contribution is -2.14. The van der Waals surface area contributed by atoms with E-state index >= 15 is 0 Å². The van der Waals surface area contributed by atoms with Gasteiger partial charge in [-0.25, -0.2) is 0 Å². The van der Waals surface area contributed by atoms with Gasteiger partial charge in [-0.15, -0.1) is 0 Å². The Balaban J connectivity index is 3.22. The summed E-state index contributed by atoms with van der Waals surface area (Å²) in [5, 5.41) is 18.7. The summed E-state index contributed by atoms with van der Waals surface area (Å²) in [6.45, 7) is -0.247. The predicted octanol–water partition coefficient (Wildman–Crippen LogP) is 0.401. The molecule has 0 aliphatic carbocycles. The molecule has 0 fully saturated rings. The maximum atomic E-state index is 9.81. The summed E-state index contributed by atoms with van der Waals surface area (Å²) >= 11 is 0. The topological polar surface area (TPSA) is 84.9 Å². The van der Waals surface area contributed by atoms with Gasteiger partial charge in [0.15, 0.2) is 11.5 Å². The second-order valence-electron chi connectivity index (χ2n) is 3.03. The van der Waals surface area contributed by atoms with Crippen molar-refractivity contribution in [3.8, 4) is 17.2 Å². The minimum Gasteiger partial charge on any atom is -0.504 e. The molecular weight excluding hydrogens is 198 g/mol. The van der Waals surface area contributed by atoms with E-state index in [4.69, 9.17) is 20.3 Å². The van der Waals surface area contributed by atoms with Gasteiger partial charge in [0.25, 0.3) is 0 Å². The van der Waals surface area contributed by atoms with E-state index in [1.807, 2.05) is 0 Å². The quantitative estimate of drug-likeness (QED) is 0.674. The fourth-order valence-corrected chi connectivity index (χ4v) is 1.32. The highest BCUT2D eigenvalue weighted by Gasteiger charge is 2.17. The first-order chi connectivity index (χ1) is 7.15. The number of aromatic hydroxyl groups is 1. The molecule has 1 aromatic carbocycles. The van der Waals surface area contributed by atoms with Crippen LogP contribution in [0.15, 0.2) is 12.1 Å². The second-order valence-corrected chi connectivity index (χ2v) is 3.03. The third-order valence-electron chi connectivity index (χ3n) is 2.15. The molecule has 0 amide bonds. The van der Waals surface area contributed by atoms with Crippen molar-refractivity contribution in [3.63, 3.8) is 0 Å². The third-order valence-corrected chi connectivity index (χ3v) is 2.15. The van der Waals surface area contributed by atoms with Crippen LogP contribution in [0.4, 0.5) is 0 Å². The van der Waals surface area contributed by atoms with E-state index in [1.54, 1.807) is 12.1 Å². The average molecular weight is 213 g/mol. The first-order valence-electron chi connectivity index (χ1n) is 4.46. The highest BCUT2D eigenvalue weighted by Crippen LogP contribution is 2.40. The number of hydrogen-bond acceptors (Lipinski definition) is 5. The molecule has 84 valence electrons. The van der Waals surface area contributed by atoms with Crippen LogP contribution in [0.2, 0.25) is 0 Å². The zero-order valence-corrected chi connectivity index (χ0v) is 8.73. The highest BCUT2D eigenvalue weighted by atomic mass is 16.5. The Morgan fingerprint density at radius 1 is 1.33 bits per heavy atom. The molecule has 0 heterocycles. The molecule has 5 heteroatoms. The van der Waals surface area contributed by atoms with Crippen molar-refractivity contribution in [2.45, 2.75) is 6.04 Å². The Kier molecular flexibility index (Phi) is 3.76. The summed E-state index contributed by atoms with van der Waals surface area (Å²) in [7, 11) is 2.90. The van der Waals surface area contributed by atoms with Gasteiger partial charge in [-0.3, -0.25) is 0 Å². The van der Waals surface area contributed by atoms with E-state index in [0.29, 0.717) is 11.3 Å². The van der Waals surface area contributed by atoms with Crippen LogP contribution >= 0.6 is 0 Å². The van der Waals surface area contributed by atoms with E-state index < -0.39 is 6.04 Å². The van der Waals surface area contributed by atoms with Crippen molar-refractivity contribution in [2.75, 3.05) is 20.8 Å². The number of methoxy groups -OCH3 is 2. The van der Waals surface area contributed by atoms with Gasteiger partial charge in [0.05, 0.1) is 26.9 Å². The second kappa shape index (κ2) is 4.86. The zero-order valence-electron chi connectivity index (χ0n) is 8.73. The van der Waals surface area contributed by atoms with Gasteiger partial charge >= 0.3 is 0 Å². The van der Waals surface area contributed by atoms with Crippen molar-refractivity contribution in [1.82, 2.24) is 0 Å². The summed E-state index contributed by atoms with van der Waals surface area (Å²) in [5.41, 5.74) is 6.03. The van der Waals surface area contributed by atoms with Crippen LogP contribution in [0.5, 0.6) is 17.2 Å². The summed E-state index contributed by atoms with van der Waals surface area (Å²) in [5.74, 6) is 0.543. The van der Waals surface area contributed by atoms with Crippen LogP contribution < -0.4 is 15.2 Å². The number of hydrogen-bond donors (Lipinski definition) is 3. The molecule has 1 rings (SSSR count). The van der Waals surface area contributed by atoms with Gasteiger partial charge in [0.1, 0.15) is 0 Å². The molecule has 15 heavy (non-hydrogen) atoms. The summed E-state index contributed by atoms with van der Waals surface area (Å²) in [4.78, 5) is 0. The number of ether oxygens (including phenoxy) is 2. The first-order valence-corrected chi connectivity index (χ1v) is 4.46. The molecule has 0 radical (unpaired) electrons. The molecular formula is C10H15NO4. The van der Waals surface area contributed by atoms with Gasteiger partial charge in [-0.1, -0.05) is 0 Å². The van der Waals surface area contributed by atoms with E-state index in [9.17, 15) is 5.11 Å². The van der Waals surface area contributed by atoms with Crippen molar-refractivity contribution < 1.29 is 19.7 Å². The molecule has 4 N–H and O–H groups in total. The predicted molar refractivity (Wildman–Crippen MR) is 55.2 cm³/mol. The van der Waals surface area contributed by atoms with Crippen molar-refractivity contribution in [2.24, 2.45) is 5.73 Å². The Bertz CT molecular complexity index is 340. The Morgan fingerprint density at radius 2 is 2.00 bits per heavy atom. The number of aliphatic hydroxyl groups is 1. The molecule has 0 saturated heterocycles. The zero-order chi connectivity index (χ0) is 11.4. The number of benzene rings is 1. The Hall–Kier alpha value is -1.46. The summed E-state index contributed by atoms with van der Waals surface area (Å²) in [6, 6.07) is 2.59. The number of rotatable bonds is 4. The van der Waals surface area contributed by atoms with Crippen LogP contribution in [0.25, 0.3) is 0 Å². The number of aliphatic hydroxyl groups excluding tert-OH is 1. The van der Waals surface area contributed by atoms with Crippen LogP contribution in [0, 0.1) is 0 Å². The average Bonchev–Trinajstić information content (AvgIpc) is 2.27. The summed E-state index contributed by atoms with van der Waals surface area (Å²) in [6.07, 6.45) is 0. The van der Waals surface area contributed by atoms with E-state index in [0.717, 1.165) is 0 Å². The maximum absolute atomic E-state index is 9.81. The highest BCUT2D eigenvalue weighted by molar-refractivity contribution is 5.55. The third kappa shape index (κ3) is 2.14. The lowest BCUT2D eigenvalue weighted by atomic mass is 10.1. The largest absolute Gasteiger partial charge is 0.504 e. The number of phenols is 1. The lowest BCUT2D eigenvalue weighted by molar-refractivity contribution is 0.263. The van der Waals surface area contributed by atoms with Crippen molar-refractivity contribution in [1.29, 1.82) is 0 Å². The van der Waals surface area contributed by atoms with Crippen LogP contribution in [-0.4, -0.2) is 31.0 Å². The van der Waals surface area contributed by atoms with Gasteiger partial charge < -0.3 is 25.4 Å². The molecule has 0 aromatic heterocycles. The molecule has 1 atom stereocenters. The van der Waals surface area contributed by atoms with Crippen molar-refractivity contribution >= 4 is 0 Å². The monoisotopic (exact) mass is 213 g/mol. The fraction of sp³-hybridized carbons (Fsp3) is 0.400. The molecule has 1 aromatic rings. The maximum Gasteiger partial charge on any atom is 0.203 e. The smallest absolute Gasteiger partial charge is 0.203 e. The molecule has 0 aliphatic rings. The van der Waals surface area contributed by atoms with Gasteiger partial charge in [0, 0.05) is 5.56 Å². The Labute approximate surface area is 88.0 Å². The fourth-order valence-electron chi connectivity index (χ4n) is 1.32.